The fourth-order valence-electron chi connectivity index (χ4n) is 3.88. The summed E-state index contributed by atoms with van der Waals surface area (Å²) in [5, 5.41) is 4.74. The van der Waals surface area contributed by atoms with Crippen LogP contribution >= 0.6 is 11.3 Å². The molecular weight excluding hydrogens is 392 g/mol. The number of thiazole rings is 1. The summed E-state index contributed by atoms with van der Waals surface area (Å²) in [6.07, 6.45) is 3.21. The number of ether oxygens (including phenoxy) is 1. The molecule has 1 saturated heterocycles. The van der Waals surface area contributed by atoms with Crippen molar-refractivity contribution in [1.82, 2.24) is 15.2 Å². The van der Waals surface area contributed by atoms with Gasteiger partial charge in [-0.1, -0.05) is 42.5 Å². The van der Waals surface area contributed by atoms with Crippen LogP contribution in [0.25, 0.3) is 10.2 Å². The molecule has 1 aromatic heterocycles. The van der Waals surface area contributed by atoms with Gasteiger partial charge in [0.05, 0.1) is 28.4 Å². The van der Waals surface area contributed by atoms with Gasteiger partial charge in [0.1, 0.15) is 0 Å². The molecule has 1 N–H and O–H groups in total. The van der Waals surface area contributed by atoms with Gasteiger partial charge in [0.2, 0.25) is 0 Å². The number of rotatable bonds is 8. The molecule has 5 nitrogen and oxygen atoms in total. The van der Waals surface area contributed by atoms with E-state index in [-0.39, 0.29) is 0 Å². The van der Waals surface area contributed by atoms with E-state index in [1.165, 1.54) is 15.3 Å². The number of likely N-dealkylation sites (tertiary alicyclic amines) is 1. The van der Waals surface area contributed by atoms with E-state index in [4.69, 9.17) is 9.72 Å². The Morgan fingerprint density at radius 2 is 2.03 bits per heavy atom. The number of fused-ring (bicyclic) bond motifs is 1. The van der Waals surface area contributed by atoms with Gasteiger partial charge in [-0.2, -0.15) is 0 Å². The normalized spacial score (nSPS) is 17.0. The number of aliphatic imine (C=N–C) groups is 1. The fourth-order valence-corrected chi connectivity index (χ4v) is 4.89. The van der Waals surface area contributed by atoms with E-state index in [1.54, 1.807) is 11.3 Å². The van der Waals surface area contributed by atoms with Gasteiger partial charge in [-0.3, -0.25) is 4.99 Å². The molecule has 0 aliphatic carbocycles. The Bertz CT molecular complexity index is 923. The van der Waals surface area contributed by atoms with Gasteiger partial charge >= 0.3 is 0 Å². The molecule has 1 aliphatic rings. The molecule has 0 spiro atoms. The third-order valence-electron chi connectivity index (χ3n) is 5.45. The minimum absolute atomic E-state index is 0.565. The van der Waals surface area contributed by atoms with Crippen molar-refractivity contribution in [3.05, 3.63) is 65.2 Å². The van der Waals surface area contributed by atoms with Crippen molar-refractivity contribution in [2.45, 2.75) is 25.9 Å². The summed E-state index contributed by atoms with van der Waals surface area (Å²) in [5.74, 6) is 1.57. The number of para-hydroxylation sites is 1. The lowest BCUT2D eigenvalue weighted by Crippen LogP contribution is -2.40. The van der Waals surface area contributed by atoms with Crippen molar-refractivity contribution in [2.75, 3.05) is 33.3 Å². The molecule has 0 saturated carbocycles. The van der Waals surface area contributed by atoms with Crippen LogP contribution < -0.4 is 5.32 Å². The maximum atomic E-state index is 5.95. The topological polar surface area (TPSA) is 49.8 Å². The third kappa shape index (κ3) is 5.58. The molecule has 0 radical (unpaired) electrons. The zero-order chi connectivity index (χ0) is 20.6. The summed E-state index contributed by atoms with van der Waals surface area (Å²) in [6.45, 7) is 4.45. The quantitative estimate of drug-likeness (QED) is 0.333. The Labute approximate surface area is 182 Å². The molecule has 158 valence electrons. The number of aromatic nitrogens is 1. The van der Waals surface area contributed by atoms with Gasteiger partial charge in [0, 0.05) is 39.0 Å². The molecule has 30 heavy (non-hydrogen) atoms. The van der Waals surface area contributed by atoms with Crippen LogP contribution in [0.4, 0.5) is 0 Å². The summed E-state index contributed by atoms with van der Waals surface area (Å²) < 4.78 is 7.22. The first-order valence-electron chi connectivity index (χ1n) is 10.7. The van der Waals surface area contributed by atoms with Crippen LogP contribution in [-0.2, 0) is 17.8 Å². The molecule has 1 aliphatic heterocycles. The number of nitrogens with one attached hydrogen (secondary N) is 1. The van der Waals surface area contributed by atoms with Crippen molar-refractivity contribution in [1.29, 1.82) is 0 Å². The Morgan fingerprint density at radius 3 is 2.87 bits per heavy atom. The molecule has 1 unspecified atom stereocenters. The first-order chi connectivity index (χ1) is 14.8. The molecule has 2 heterocycles. The molecule has 1 atom stereocenters. The summed E-state index contributed by atoms with van der Waals surface area (Å²) >= 11 is 1.80. The van der Waals surface area contributed by atoms with Gasteiger partial charge in [-0.05, 0) is 30.5 Å². The zero-order valence-electron chi connectivity index (χ0n) is 17.6. The molecule has 6 heteroatoms. The van der Waals surface area contributed by atoms with Gasteiger partial charge in [0.25, 0.3) is 0 Å². The molecule has 3 aromatic rings. The smallest absolute Gasteiger partial charge is 0.193 e. The number of hydrogen-bond donors (Lipinski definition) is 1. The monoisotopic (exact) mass is 422 g/mol. The summed E-state index contributed by atoms with van der Waals surface area (Å²) in [4.78, 5) is 11.6. The first kappa shape index (κ1) is 20.8. The van der Waals surface area contributed by atoms with Crippen LogP contribution in [0, 0.1) is 5.92 Å². The summed E-state index contributed by atoms with van der Waals surface area (Å²) in [5.41, 5.74) is 2.34. The Morgan fingerprint density at radius 1 is 1.20 bits per heavy atom. The second kappa shape index (κ2) is 10.5. The largest absolute Gasteiger partial charge is 0.376 e. The minimum atomic E-state index is 0.565. The average Bonchev–Trinajstić information content (AvgIpc) is 3.41. The summed E-state index contributed by atoms with van der Waals surface area (Å²) in [6, 6.07) is 18.7. The van der Waals surface area contributed by atoms with E-state index in [0.717, 1.165) is 57.0 Å². The van der Waals surface area contributed by atoms with E-state index >= 15 is 0 Å². The maximum Gasteiger partial charge on any atom is 0.193 e. The molecule has 0 amide bonds. The highest BCUT2D eigenvalue weighted by Crippen LogP contribution is 2.22. The number of aryl methyl sites for hydroxylation is 1. The molecular formula is C24H30N4OS. The number of benzene rings is 2. The second-order valence-corrected chi connectivity index (χ2v) is 8.87. The van der Waals surface area contributed by atoms with Gasteiger partial charge in [-0.15, -0.1) is 11.3 Å². The lowest BCUT2D eigenvalue weighted by Gasteiger charge is -2.21. The van der Waals surface area contributed by atoms with Crippen LogP contribution in [0.5, 0.6) is 0 Å². The number of nitrogens with zero attached hydrogens (tertiary/aromatic N) is 3. The predicted molar refractivity (Wildman–Crippen MR) is 125 cm³/mol. The average molecular weight is 423 g/mol. The molecule has 0 bridgehead atoms. The Balaban J connectivity index is 1.16. The van der Waals surface area contributed by atoms with Gasteiger partial charge in [0.15, 0.2) is 5.96 Å². The molecule has 2 aromatic carbocycles. The Kier molecular flexibility index (Phi) is 7.32. The predicted octanol–water partition coefficient (Wildman–Crippen LogP) is 4.34. The van der Waals surface area contributed by atoms with Crippen molar-refractivity contribution >= 4 is 27.5 Å². The molecule has 1 fully saturated rings. The van der Waals surface area contributed by atoms with Crippen molar-refractivity contribution in [3.63, 3.8) is 0 Å². The van der Waals surface area contributed by atoms with Crippen LogP contribution in [0.15, 0.2) is 59.6 Å². The highest BCUT2D eigenvalue weighted by atomic mass is 32.1. The standard InChI is InChI=1S/C24H30N4OS/c1-25-24(26-14-7-12-23-27-21-10-5-6-11-22(21)30-23)28-15-13-20(16-28)18-29-17-19-8-3-2-4-9-19/h2-6,8-11,20H,7,12-18H2,1H3,(H,25,26). The van der Waals surface area contributed by atoms with Crippen LogP contribution in [0.3, 0.4) is 0 Å². The van der Waals surface area contributed by atoms with Crippen molar-refractivity contribution in [3.8, 4) is 0 Å². The van der Waals surface area contributed by atoms with Crippen LogP contribution in [0.1, 0.15) is 23.4 Å². The third-order valence-corrected chi connectivity index (χ3v) is 6.55. The number of guanidine groups is 1. The molecule has 4 rings (SSSR count). The highest BCUT2D eigenvalue weighted by molar-refractivity contribution is 7.18. The second-order valence-electron chi connectivity index (χ2n) is 7.75. The van der Waals surface area contributed by atoms with Crippen LogP contribution in [-0.4, -0.2) is 49.1 Å². The zero-order valence-corrected chi connectivity index (χ0v) is 18.4. The van der Waals surface area contributed by atoms with E-state index < -0.39 is 0 Å². The first-order valence-corrected chi connectivity index (χ1v) is 11.5. The van der Waals surface area contributed by atoms with E-state index in [2.05, 4.69) is 57.7 Å². The Hall–Kier alpha value is -2.44. The fraction of sp³-hybridized carbons (Fsp3) is 0.417. The maximum absolute atomic E-state index is 5.95. The van der Waals surface area contributed by atoms with E-state index in [1.807, 2.05) is 19.2 Å². The minimum Gasteiger partial charge on any atom is -0.376 e. The lowest BCUT2D eigenvalue weighted by atomic mass is 10.1. The highest BCUT2D eigenvalue weighted by Gasteiger charge is 2.24. The van der Waals surface area contributed by atoms with Crippen molar-refractivity contribution in [2.24, 2.45) is 10.9 Å². The van der Waals surface area contributed by atoms with E-state index in [0.29, 0.717) is 12.5 Å². The van der Waals surface area contributed by atoms with Gasteiger partial charge in [-0.25, -0.2) is 4.98 Å². The van der Waals surface area contributed by atoms with E-state index in [9.17, 15) is 0 Å². The van der Waals surface area contributed by atoms with Crippen LogP contribution in [0.2, 0.25) is 0 Å². The lowest BCUT2D eigenvalue weighted by molar-refractivity contribution is 0.0907. The van der Waals surface area contributed by atoms with Gasteiger partial charge < -0.3 is 15.0 Å². The summed E-state index contributed by atoms with van der Waals surface area (Å²) in [7, 11) is 1.87. The number of hydrogen-bond acceptors (Lipinski definition) is 4. The van der Waals surface area contributed by atoms with Crippen molar-refractivity contribution < 1.29 is 4.74 Å². The SMILES string of the molecule is CN=C(NCCCc1nc2ccccc2s1)N1CCC(COCc2ccccc2)C1.